The molecular formula is C18H16N2O5. The fourth-order valence-corrected chi connectivity index (χ4v) is 2.00. The van der Waals surface area contributed by atoms with Gasteiger partial charge in [0.25, 0.3) is 0 Å². The lowest BCUT2D eigenvalue weighted by Gasteiger charge is -2.06. The number of esters is 1. The van der Waals surface area contributed by atoms with Crippen LogP contribution in [0.2, 0.25) is 0 Å². The number of phenols is 1. The van der Waals surface area contributed by atoms with Gasteiger partial charge in [-0.3, -0.25) is 4.79 Å². The standard InChI is InChI=1S/C18H16N2O5/c1-11(2)25-18(24)14-10-13(7-8-16(14)21)19-20-15-6-4-3-5-12(15)9-17(22)23/h3-8,10,21H,1,9H2,2H3,(H,22,23)/b20-19+. The Morgan fingerprint density at radius 2 is 1.88 bits per heavy atom. The number of nitrogens with zero attached hydrogens (tertiary/aromatic N) is 2. The van der Waals surface area contributed by atoms with Gasteiger partial charge in [0.2, 0.25) is 0 Å². The molecule has 7 nitrogen and oxygen atoms in total. The third kappa shape index (κ3) is 5.00. The van der Waals surface area contributed by atoms with Crippen molar-refractivity contribution in [3.05, 3.63) is 65.9 Å². The minimum atomic E-state index is -0.975. The van der Waals surface area contributed by atoms with Crippen molar-refractivity contribution < 1.29 is 24.5 Å². The summed E-state index contributed by atoms with van der Waals surface area (Å²) in [4.78, 5) is 22.8. The number of carboxylic acids is 1. The summed E-state index contributed by atoms with van der Waals surface area (Å²) in [5.74, 6) is -1.79. The van der Waals surface area contributed by atoms with E-state index in [1.165, 1.54) is 25.1 Å². The summed E-state index contributed by atoms with van der Waals surface area (Å²) in [5.41, 5.74) is 1.15. The van der Waals surface area contributed by atoms with Gasteiger partial charge in [-0.25, -0.2) is 4.79 Å². The molecule has 25 heavy (non-hydrogen) atoms. The van der Waals surface area contributed by atoms with E-state index in [9.17, 15) is 14.7 Å². The normalized spacial score (nSPS) is 10.6. The lowest BCUT2D eigenvalue weighted by atomic mass is 10.1. The number of ether oxygens (including phenoxy) is 1. The number of phenolic OH excluding ortho intramolecular Hbond substituents is 1. The van der Waals surface area contributed by atoms with Crippen LogP contribution in [0.3, 0.4) is 0 Å². The van der Waals surface area contributed by atoms with E-state index in [1.54, 1.807) is 24.3 Å². The number of allylic oxidation sites excluding steroid dienone is 1. The summed E-state index contributed by atoms with van der Waals surface area (Å²) in [7, 11) is 0. The van der Waals surface area contributed by atoms with Crippen molar-refractivity contribution >= 4 is 23.3 Å². The molecule has 0 fully saturated rings. The Kier molecular flexibility index (Phi) is 5.62. The highest BCUT2D eigenvalue weighted by atomic mass is 16.5. The van der Waals surface area contributed by atoms with Crippen LogP contribution in [0.5, 0.6) is 5.75 Å². The lowest BCUT2D eigenvalue weighted by Crippen LogP contribution is -2.03. The predicted octanol–water partition coefficient (Wildman–Crippen LogP) is 4.13. The van der Waals surface area contributed by atoms with Gasteiger partial charge in [-0.2, -0.15) is 10.2 Å². The van der Waals surface area contributed by atoms with Crippen molar-refractivity contribution in [2.75, 3.05) is 0 Å². The van der Waals surface area contributed by atoms with E-state index in [0.29, 0.717) is 16.9 Å². The molecule has 0 heterocycles. The van der Waals surface area contributed by atoms with Crippen molar-refractivity contribution in [3.8, 4) is 5.75 Å². The Bertz CT molecular complexity index is 858. The van der Waals surface area contributed by atoms with Crippen molar-refractivity contribution in [1.82, 2.24) is 0 Å². The van der Waals surface area contributed by atoms with Crippen molar-refractivity contribution in [3.63, 3.8) is 0 Å². The molecular weight excluding hydrogens is 324 g/mol. The summed E-state index contributed by atoms with van der Waals surface area (Å²) < 4.78 is 4.87. The lowest BCUT2D eigenvalue weighted by molar-refractivity contribution is -0.136. The monoisotopic (exact) mass is 340 g/mol. The second kappa shape index (κ2) is 7.87. The van der Waals surface area contributed by atoms with Gasteiger partial charge in [-0.1, -0.05) is 24.8 Å². The van der Waals surface area contributed by atoms with Gasteiger partial charge in [0.05, 0.1) is 23.6 Å². The van der Waals surface area contributed by atoms with E-state index >= 15 is 0 Å². The molecule has 0 unspecified atom stereocenters. The maximum absolute atomic E-state index is 11.9. The minimum Gasteiger partial charge on any atom is -0.507 e. The Hall–Kier alpha value is -3.48. The number of hydrogen-bond donors (Lipinski definition) is 2. The van der Waals surface area contributed by atoms with Crippen molar-refractivity contribution in [1.29, 1.82) is 0 Å². The second-order valence-electron chi connectivity index (χ2n) is 5.19. The molecule has 0 aliphatic rings. The highest BCUT2D eigenvalue weighted by Gasteiger charge is 2.14. The van der Waals surface area contributed by atoms with Crippen LogP contribution in [-0.4, -0.2) is 22.2 Å². The smallest absolute Gasteiger partial charge is 0.347 e. The number of benzene rings is 2. The van der Waals surface area contributed by atoms with Gasteiger partial charge in [0.1, 0.15) is 11.3 Å². The number of aliphatic carboxylic acids is 1. The molecule has 128 valence electrons. The molecule has 0 saturated carbocycles. The number of azo groups is 1. The molecule has 2 rings (SSSR count). The van der Waals surface area contributed by atoms with Crippen LogP contribution in [0.1, 0.15) is 22.8 Å². The molecule has 7 heteroatoms. The first kappa shape index (κ1) is 17.9. The van der Waals surface area contributed by atoms with Crippen LogP contribution in [0.15, 0.2) is 65.0 Å². The SMILES string of the molecule is C=C(C)OC(=O)c1cc(/N=N/c2ccccc2CC(=O)O)ccc1O. The number of aromatic hydroxyl groups is 1. The van der Waals surface area contributed by atoms with Crippen LogP contribution in [0, 0.1) is 0 Å². The molecule has 0 aromatic heterocycles. The first-order chi connectivity index (χ1) is 11.9. The fourth-order valence-electron chi connectivity index (χ4n) is 2.00. The van der Waals surface area contributed by atoms with Gasteiger partial charge < -0.3 is 14.9 Å². The topological polar surface area (TPSA) is 109 Å². The zero-order valence-electron chi connectivity index (χ0n) is 13.5. The second-order valence-corrected chi connectivity index (χ2v) is 5.19. The molecule has 0 aliphatic carbocycles. The van der Waals surface area contributed by atoms with Crippen LogP contribution in [0.4, 0.5) is 11.4 Å². The van der Waals surface area contributed by atoms with E-state index in [1.807, 2.05) is 0 Å². The highest BCUT2D eigenvalue weighted by Crippen LogP contribution is 2.27. The molecule has 2 aromatic carbocycles. The molecule has 0 aliphatic heterocycles. The molecule has 2 N–H and O–H groups in total. The first-order valence-electron chi connectivity index (χ1n) is 7.29. The molecule has 0 radical (unpaired) electrons. The van der Waals surface area contributed by atoms with Gasteiger partial charge in [-0.15, -0.1) is 0 Å². The Balaban J connectivity index is 2.29. The fraction of sp³-hybridized carbons (Fsp3) is 0.111. The maximum atomic E-state index is 11.9. The van der Waals surface area contributed by atoms with Gasteiger partial charge in [0, 0.05) is 0 Å². The Labute approximate surface area is 143 Å². The third-order valence-corrected chi connectivity index (χ3v) is 3.07. The number of carboxylic acid groups (broad SMARTS) is 1. The van der Waals surface area contributed by atoms with Crippen LogP contribution < -0.4 is 0 Å². The van der Waals surface area contributed by atoms with Crippen LogP contribution >= 0.6 is 0 Å². The number of rotatable bonds is 6. The van der Waals surface area contributed by atoms with Gasteiger partial charge in [0.15, 0.2) is 0 Å². The number of carbonyl (C=O) groups is 2. The average Bonchev–Trinajstić information content (AvgIpc) is 2.54. The van der Waals surface area contributed by atoms with E-state index < -0.39 is 11.9 Å². The average molecular weight is 340 g/mol. The molecule has 0 amide bonds. The van der Waals surface area contributed by atoms with Gasteiger partial charge >= 0.3 is 11.9 Å². The zero-order chi connectivity index (χ0) is 18.4. The number of hydrogen-bond acceptors (Lipinski definition) is 6. The van der Waals surface area contributed by atoms with E-state index in [-0.39, 0.29) is 23.5 Å². The quantitative estimate of drug-likeness (QED) is 0.467. The van der Waals surface area contributed by atoms with E-state index in [4.69, 9.17) is 9.84 Å². The van der Waals surface area contributed by atoms with Crippen molar-refractivity contribution in [2.24, 2.45) is 10.2 Å². The molecule has 0 bridgehead atoms. The van der Waals surface area contributed by atoms with Crippen LogP contribution in [0.25, 0.3) is 0 Å². The largest absolute Gasteiger partial charge is 0.507 e. The minimum absolute atomic E-state index is 0.0710. The van der Waals surface area contributed by atoms with E-state index in [0.717, 1.165) is 0 Å². The Morgan fingerprint density at radius 3 is 2.56 bits per heavy atom. The summed E-state index contributed by atoms with van der Waals surface area (Å²) in [5, 5.41) is 26.7. The molecule has 0 saturated heterocycles. The third-order valence-electron chi connectivity index (χ3n) is 3.07. The summed E-state index contributed by atoms with van der Waals surface area (Å²) >= 11 is 0. The van der Waals surface area contributed by atoms with Gasteiger partial charge in [-0.05, 0) is 36.8 Å². The summed E-state index contributed by atoms with van der Waals surface area (Å²) in [6, 6.07) is 10.8. The van der Waals surface area contributed by atoms with E-state index in [2.05, 4.69) is 16.8 Å². The number of carbonyl (C=O) groups excluding carboxylic acids is 1. The first-order valence-corrected chi connectivity index (χ1v) is 7.29. The molecule has 0 atom stereocenters. The van der Waals surface area contributed by atoms with Crippen molar-refractivity contribution in [2.45, 2.75) is 13.3 Å². The predicted molar refractivity (Wildman–Crippen MR) is 90.3 cm³/mol. The van der Waals surface area contributed by atoms with Crippen LogP contribution in [-0.2, 0) is 16.0 Å². The highest BCUT2D eigenvalue weighted by molar-refractivity contribution is 5.93. The summed E-state index contributed by atoms with van der Waals surface area (Å²) in [6.07, 6.45) is -0.180. The molecule has 0 spiro atoms. The molecule has 2 aromatic rings. The maximum Gasteiger partial charge on any atom is 0.347 e. The summed E-state index contributed by atoms with van der Waals surface area (Å²) in [6.45, 7) is 4.98. The zero-order valence-corrected chi connectivity index (χ0v) is 13.5. The Morgan fingerprint density at radius 1 is 1.16 bits per heavy atom.